The van der Waals surface area contributed by atoms with Gasteiger partial charge in [-0.05, 0) is 17.7 Å². The second-order valence-corrected chi connectivity index (χ2v) is 4.18. The summed E-state index contributed by atoms with van der Waals surface area (Å²) >= 11 is 0. The van der Waals surface area contributed by atoms with Gasteiger partial charge in [-0.2, -0.15) is 0 Å². The van der Waals surface area contributed by atoms with E-state index in [1.165, 1.54) is 12.1 Å². The fourth-order valence-corrected chi connectivity index (χ4v) is 1.79. The third-order valence-electron chi connectivity index (χ3n) is 2.86. The second kappa shape index (κ2) is 4.26. The molecule has 0 saturated carbocycles. The highest BCUT2D eigenvalue weighted by atomic mass is 19.1. The molecule has 1 aromatic carbocycles. The van der Waals surface area contributed by atoms with E-state index in [1.54, 1.807) is 12.1 Å². The minimum Gasteiger partial charge on any atom is -0.370 e. The monoisotopic (exact) mass is 250 g/mol. The van der Waals surface area contributed by atoms with Crippen molar-refractivity contribution in [2.45, 2.75) is 18.6 Å². The van der Waals surface area contributed by atoms with E-state index >= 15 is 0 Å². The van der Waals surface area contributed by atoms with Gasteiger partial charge in [0.2, 0.25) is 5.79 Å². The van der Waals surface area contributed by atoms with Crippen LogP contribution < -0.4 is 22.5 Å². The highest BCUT2D eigenvalue weighted by molar-refractivity contribution is 5.98. The third kappa shape index (κ3) is 2.25. The standard InChI is InChI=1S/C11H15FN6/c1-6(7-2-4-8(12)5-3-7)11(15)17-9(13)16-10(14)18-11/h2-6H,15H2,1H3,(H5,13,14,16,17,18). The van der Waals surface area contributed by atoms with Gasteiger partial charge in [-0.1, -0.05) is 19.1 Å². The molecule has 0 radical (unpaired) electrons. The molecular weight excluding hydrogens is 235 g/mol. The van der Waals surface area contributed by atoms with E-state index in [1.807, 2.05) is 6.92 Å². The number of hydrogen-bond acceptors (Lipinski definition) is 6. The van der Waals surface area contributed by atoms with E-state index in [4.69, 9.17) is 17.2 Å². The molecule has 7 N–H and O–H groups in total. The van der Waals surface area contributed by atoms with E-state index in [-0.39, 0.29) is 23.7 Å². The molecule has 1 unspecified atom stereocenters. The topological polar surface area (TPSA) is 115 Å². The number of aliphatic imine (C=N–C) groups is 2. The number of benzene rings is 1. The van der Waals surface area contributed by atoms with Crippen molar-refractivity contribution in [3.05, 3.63) is 35.6 Å². The van der Waals surface area contributed by atoms with Gasteiger partial charge in [-0.3, -0.25) is 11.1 Å². The summed E-state index contributed by atoms with van der Waals surface area (Å²) in [7, 11) is 0. The quantitative estimate of drug-likeness (QED) is 0.580. The molecule has 0 bridgehead atoms. The normalized spacial score (nSPS) is 19.5. The summed E-state index contributed by atoms with van der Waals surface area (Å²) in [4.78, 5) is 8.13. The van der Waals surface area contributed by atoms with Gasteiger partial charge in [0.05, 0.1) is 0 Å². The Kier molecular flexibility index (Phi) is 2.92. The van der Waals surface area contributed by atoms with Crippen molar-refractivity contribution in [1.29, 1.82) is 0 Å². The predicted octanol–water partition coefficient (Wildman–Crippen LogP) is -0.226. The number of nitrogens with zero attached hydrogens (tertiary/aromatic N) is 2. The van der Waals surface area contributed by atoms with Crippen LogP contribution in [0.3, 0.4) is 0 Å². The maximum absolute atomic E-state index is 12.9. The van der Waals surface area contributed by atoms with Crippen molar-refractivity contribution in [2.75, 3.05) is 0 Å². The lowest BCUT2D eigenvalue weighted by atomic mass is 9.94. The molecular formula is C11H15FN6. The lowest BCUT2D eigenvalue weighted by Gasteiger charge is -2.31. The summed E-state index contributed by atoms with van der Waals surface area (Å²) in [5.41, 5.74) is 18.0. The van der Waals surface area contributed by atoms with E-state index in [2.05, 4.69) is 15.3 Å². The van der Waals surface area contributed by atoms with Crippen molar-refractivity contribution in [3.8, 4) is 0 Å². The molecule has 18 heavy (non-hydrogen) atoms. The Hall–Kier alpha value is -2.15. The van der Waals surface area contributed by atoms with Crippen LogP contribution in [-0.4, -0.2) is 17.7 Å². The van der Waals surface area contributed by atoms with Gasteiger partial charge in [0.25, 0.3) is 0 Å². The number of halogens is 1. The smallest absolute Gasteiger partial charge is 0.216 e. The number of nitrogens with one attached hydrogen (secondary N) is 1. The Balaban J connectivity index is 2.35. The molecule has 7 heteroatoms. The van der Waals surface area contributed by atoms with Gasteiger partial charge >= 0.3 is 0 Å². The highest BCUT2D eigenvalue weighted by Gasteiger charge is 2.35. The van der Waals surface area contributed by atoms with Crippen molar-refractivity contribution in [1.82, 2.24) is 5.32 Å². The number of nitrogens with two attached hydrogens (primary N) is 3. The molecule has 1 atom stereocenters. The first-order valence-corrected chi connectivity index (χ1v) is 5.43. The van der Waals surface area contributed by atoms with E-state index in [0.717, 1.165) is 5.56 Å². The molecule has 0 fully saturated rings. The molecule has 1 aromatic rings. The molecule has 1 aliphatic heterocycles. The Morgan fingerprint density at radius 3 is 2.17 bits per heavy atom. The number of rotatable bonds is 2. The van der Waals surface area contributed by atoms with Gasteiger partial charge in [-0.25, -0.2) is 14.4 Å². The van der Waals surface area contributed by atoms with Gasteiger partial charge in [-0.15, -0.1) is 0 Å². The summed E-state index contributed by atoms with van der Waals surface area (Å²) in [5.74, 6) is -1.67. The zero-order chi connectivity index (χ0) is 13.3. The van der Waals surface area contributed by atoms with Crippen LogP contribution in [0.15, 0.2) is 34.3 Å². The van der Waals surface area contributed by atoms with Gasteiger partial charge in [0.15, 0.2) is 11.9 Å². The van der Waals surface area contributed by atoms with Crippen LogP contribution in [0.5, 0.6) is 0 Å². The van der Waals surface area contributed by atoms with E-state index in [9.17, 15) is 4.39 Å². The zero-order valence-electron chi connectivity index (χ0n) is 9.89. The molecule has 2 rings (SSSR count). The first-order valence-electron chi connectivity index (χ1n) is 5.43. The number of guanidine groups is 2. The molecule has 1 aliphatic rings. The van der Waals surface area contributed by atoms with Crippen molar-refractivity contribution in [2.24, 2.45) is 27.2 Å². The van der Waals surface area contributed by atoms with Gasteiger partial charge in [0.1, 0.15) is 5.82 Å². The minimum absolute atomic E-state index is 0.110. The van der Waals surface area contributed by atoms with Crippen LogP contribution >= 0.6 is 0 Å². The molecule has 0 saturated heterocycles. The van der Waals surface area contributed by atoms with Gasteiger partial charge < -0.3 is 11.5 Å². The molecule has 0 aliphatic carbocycles. The van der Waals surface area contributed by atoms with E-state index in [0.29, 0.717) is 0 Å². The average Bonchev–Trinajstić information content (AvgIpc) is 2.27. The van der Waals surface area contributed by atoms with Crippen LogP contribution in [0, 0.1) is 5.82 Å². The Bertz CT molecular complexity index is 489. The van der Waals surface area contributed by atoms with Crippen LogP contribution in [-0.2, 0) is 0 Å². The van der Waals surface area contributed by atoms with Crippen LogP contribution in [0.2, 0.25) is 0 Å². The van der Waals surface area contributed by atoms with Crippen molar-refractivity contribution in [3.63, 3.8) is 0 Å². The van der Waals surface area contributed by atoms with Crippen LogP contribution in [0.25, 0.3) is 0 Å². The Morgan fingerprint density at radius 1 is 1.17 bits per heavy atom. The summed E-state index contributed by atoms with van der Waals surface area (Å²) < 4.78 is 12.9. The third-order valence-corrected chi connectivity index (χ3v) is 2.86. The van der Waals surface area contributed by atoms with E-state index < -0.39 is 5.79 Å². The molecule has 96 valence electrons. The maximum atomic E-state index is 12.9. The summed E-state index contributed by atoms with van der Waals surface area (Å²) in [5, 5.41) is 2.57. The Morgan fingerprint density at radius 2 is 1.67 bits per heavy atom. The average molecular weight is 250 g/mol. The molecule has 0 amide bonds. The molecule has 0 spiro atoms. The zero-order valence-corrected chi connectivity index (χ0v) is 9.89. The first-order chi connectivity index (χ1) is 8.40. The summed E-state index contributed by atoms with van der Waals surface area (Å²) in [6.07, 6.45) is 0. The van der Waals surface area contributed by atoms with Crippen LogP contribution in [0.1, 0.15) is 18.4 Å². The first kappa shape index (κ1) is 12.3. The maximum Gasteiger partial charge on any atom is 0.216 e. The van der Waals surface area contributed by atoms with Crippen molar-refractivity contribution < 1.29 is 4.39 Å². The van der Waals surface area contributed by atoms with Gasteiger partial charge in [0, 0.05) is 5.92 Å². The van der Waals surface area contributed by atoms with Crippen molar-refractivity contribution >= 4 is 11.9 Å². The molecule has 6 nitrogen and oxygen atoms in total. The lowest BCUT2D eigenvalue weighted by Crippen LogP contribution is -2.54. The lowest BCUT2D eigenvalue weighted by molar-refractivity contribution is 0.387. The van der Waals surface area contributed by atoms with Crippen LogP contribution in [0.4, 0.5) is 4.39 Å². The molecule has 0 aromatic heterocycles. The fourth-order valence-electron chi connectivity index (χ4n) is 1.79. The Labute approximate surface area is 104 Å². The predicted molar refractivity (Wildman–Crippen MR) is 68.1 cm³/mol. The summed E-state index contributed by atoms with van der Waals surface area (Å²) in [6, 6.07) is 5.98. The largest absolute Gasteiger partial charge is 0.370 e. The SMILES string of the molecule is CC(c1ccc(F)cc1)C1(N)N=C(N)NC(N)=N1. The highest BCUT2D eigenvalue weighted by Crippen LogP contribution is 2.29. The molecule has 1 heterocycles. The number of hydrogen-bond donors (Lipinski definition) is 4. The minimum atomic E-state index is -1.28. The summed E-state index contributed by atoms with van der Waals surface area (Å²) in [6.45, 7) is 1.83. The fraction of sp³-hybridized carbons (Fsp3) is 0.273. The second-order valence-electron chi connectivity index (χ2n) is 4.18.